The van der Waals surface area contributed by atoms with Gasteiger partial charge in [-0.3, -0.25) is 0 Å². The minimum atomic E-state index is -3.00. The fraction of sp³-hybridized carbons (Fsp3) is 0.778. The highest BCUT2D eigenvalue weighted by molar-refractivity contribution is 7.91. The first-order chi connectivity index (χ1) is 8.34. The van der Waals surface area contributed by atoms with E-state index in [9.17, 15) is 18.0 Å². The summed E-state index contributed by atoms with van der Waals surface area (Å²) in [7, 11) is -3.00. The Kier molecular flexibility index (Phi) is 4.91. The number of amides is 2. The highest BCUT2D eigenvalue weighted by Gasteiger charge is 2.26. The first-order valence-corrected chi connectivity index (χ1v) is 7.27. The lowest BCUT2D eigenvalue weighted by Crippen LogP contribution is -2.51. The predicted molar refractivity (Wildman–Crippen MR) is 61.9 cm³/mol. The molecule has 1 rings (SSSR count). The Labute approximate surface area is 104 Å². The Bertz CT molecular complexity index is 407. The monoisotopic (exact) mass is 280 g/mol. The Morgan fingerprint density at radius 2 is 1.83 bits per heavy atom. The van der Waals surface area contributed by atoms with Gasteiger partial charge in [0.05, 0.1) is 18.1 Å². The van der Waals surface area contributed by atoms with E-state index in [0.29, 0.717) is 12.8 Å². The molecule has 1 saturated heterocycles. The van der Waals surface area contributed by atoms with Crippen LogP contribution >= 0.6 is 0 Å². The van der Waals surface area contributed by atoms with Crippen LogP contribution < -0.4 is 10.6 Å². The first-order valence-electron chi connectivity index (χ1n) is 5.45. The number of aliphatic hydroxyl groups is 1. The van der Waals surface area contributed by atoms with Gasteiger partial charge in [0.2, 0.25) is 0 Å². The van der Waals surface area contributed by atoms with Gasteiger partial charge in [0.25, 0.3) is 0 Å². The summed E-state index contributed by atoms with van der Waals surface area (Å²) in [5, 5.41) is 21.9. The summed E-state index contributed by atoms with van der Waals surface area (Å²) in [5.74, 6) is -1.31. The van der Waals surface area contributed by atoms with Crippen LogP contribution in [0.15, 0.2) is 0 Å². The summed E-state index contributed by atoms with van der Waals surface area (Å²) in [6, 6.07) is -2.38. The molecule has 4 N–H and O–H groups in total. The number of hydrogen-bond donors (Lipinski definition) is 4. The van der Waals surface area contributed by atoms with Gasteiger partial charge in [-0.15, -0.1) is 0 Å². The molecule has 8 nitrogen and oxygen atoms in total. The molecular formula is C9H16N2O6S. The van der Waals surface area contributed by atoms with Crippen molar-refractivity contribution in [1.82, 2.24) is 10.6 Å². The lowest BCUT2D eigenvalue weighted by Gasteiger charge is -2.23. The minimum absolute atomic E-state index is 0.0142. The number of aliphatic carboxylic acids is 1. The van der Waals surface area contributed by atoms with E-state index >= 15 is 0 Å². The average Bonchev–Trinajstić information content (AvgIpc) is 2.28. The van der Waals surface area contributed by atoms with E-state index in [2.05, 4.69) is 10.6 Å². The Morgan fingerprint density at radius 1 is 1.28 bits per heavy atom. The SMILES string of the molecule is O=C(NC1CCS(=O)(=O)CC1)NC(CO)C(=O)O. The minimum Gasteiger partial charge on any atom is -0.480 e. The fourth-order valence-corrected chi connectivity index (χ4v) is 3.10. The average molecular weight is 280 g/mol. The van der Waals surface area contributed by atoms with E-state index in [-0.39, 0.29) is 17.5 Å². The van der Waals surface area contributed by atoms with E-state index < -0.39 is 34.5 Å². The molecule has 0 aromatic carbocycles. The van der Waals surface area contributed by atoms with Gasteiger partial charge in [-0.1, -0.05) is 0 Å². The molecule has 104 valence electrons. The summed E-state index contributed by atoms with van der Waals surface area (Å²) in [4.78, 5) is 22.0. The molecular weight excluding hydrogens is 264 g/mol. The zero-order valence-corrected chi connectivity index (χ0v) is 10.4. The van der Waals surface area contributed by atoms with Crippen LogP contribution in [0.25, 0.3) is 0 Å². The van der Waals surface area contributed by atoms with Crippen LogP contribution in [0.5, 0.6) is 0 Å². The molecule has 0 saturated carbocycles. The van der Waals surface area contributed by atoms with Crippen molar-refractivity contribution < 1.29 is 28.2 Å². The zero-order chi connectivity index (χ0) is 13.8. The van der Waals surface area contributed by atoms with Crippen LogP contribution in [0, 0.1) is 0 Å². The summed E-state index contributed by atoms with van der Waals surface area (Å²) in [6.45, 7) is -0.707. The number of hydrogen-bond acceptors (Lipinski definition) is 5. The highest BCUT2D eigenvalue weighted by Crippen LogP contribution is 2.11. The van der Waals surface area contributed by atoms with Crippen molar-refractivity contribution in [3.63, 3.8) is 0 Å². The van der Waals surface area contributed by atoms with Gasteiger partial charge in [0, 0.05) is 6.04 Å². The number of aliphatic hydroxyl groups excluding tert-OH is 1. The van der Waals surface area contributed by atoms with Crippen molar-refractivity contribution in [3.8, 4) is 0 Å². The maximum Gasteiger partial charge on any atom is 0.328 e. The van der Waals surface area contributed by atoms with Crippen molar-refractivity contribution in [2.24, 2.45) is 0 Å². The lowest BCUT2D eigenvalue weighted by atomic mass is 10.1. The third kappa shape index (κ3) is 4.49. The maximum absolute atomic E-state index is 11.4. The van der Waals surface area contributed by atoms with Crippen LogP contribution in [0.3, 0.4) is 0 Å². The number of nitrogens with one attached hydrogen (secondary N) is 2. The van der Waals surface area contributed by atoms with Crippen LogP contribution in [-0.4, -0.2) is 60.8 Å². The van der Waals surface area contributed by atoms with Crippen molar-refractivity contribution in [2.75, 3.05) is 18.1 Å². The van der Waals surface area contributed by atoms with Crippen LogP contribution in [0.2, 0.25) is 0 Å². The summed E-state index contributed by atoms with van der Waals surface area (Å²) in [5.41, 5.74) is 0. The summed E-state index contributed by atoms with van der Waals surface area (Å²) >= 11 is 0. The lowest BCUT2D eigenvalue weighted by molar-refractivity contribution is -0.140. The van der Waals surface area contributed by atoms with Gasteiger partial charge < -0.3 is 20.8 Å². The van der Waals surface area contributed by atoms with Crippen molar-refractivity contribution in [3.05, 3.63) is 0 Å². The molecule has 0 bridgehead atoms. The molecule has 1 aliphatic rings. The molecule has 1 aliphatic heterocycles. The topological polar surface area (TPSA) is 133 Å². The predicted octanol–water partition coefficient (Wildman–Crippen LogP) is -1.69. The molecule has 1 fully saturated rings. The number of carboxylic acid groups (broad SMARTS) is 1. The van der Waals surface area contributed by atoms with Crippen molar-refractivity contribution in [2.45, 2.75) is 24.9 Å². The number of sulfone groups is 1. The van der Waals surface area contributed by atoms with Gasteiger partial charge in [-0.05, 0) is 12.8 Å². The third-order valence-corrected chi connectivity index (χ3v) is 4.39. The molecule has 0 aromatic rings. The van der Waals surface area contributed by atoms with Gasteiger partial charge in [-0.2, -0.15) is 0 Å². The van der Waals surface area contributed by atoms with Gasteiger partial charge in [-0.25, -0.2) is 18.0 Å². The second-order valence-corrected chi connectivity index (χ2v) is 6.42. The molecule has 9 heteroatoms. The molecule has 0 radical (unpaired) electrons. The standard InChI is InChI=1S/C9H16N2O6S/c12-5-7(8(13)14)11-9(15)10-6-1-3-18(16,17)4-2-6/h6-7,12H,1-5H2,(H,13,14)(H2,10,11,15). The summed E-state index contributed by atoms with van der Waals surface area (Å²) in [6.07, 6.45) is 0.624. The Hall–Kier alpha value is -1.35. The Balaban J connectivity index is 2.39. The highest BCUT2D eigenvalue weighted by atomic mass is 32.2. The van der Waals surface area contributed by atoms with Gasteiger partial charge >= 0.3 is 12.0 Å². The normalized spacial score (nSPS) is 20.9. The second kappa shape index (κ2) is 6.01. The first kappa shape index (κ1) is 14.7. The number of carbonyl (C=O) groups is 2. The molecule has 0 spiro atoms. The molecule has 1 unspecified atom stereocenters. The van der Waals surface area contributed by atoms with Crippen LogP contribution in [0.1, 0.15) is 12.8 Å². The number of rotatable bonds is 4. The van der Waals surface area contributed by atoms with Crippen LogP contribution in [-0.2, 0) is 14.6 Å². The number of urea groups is 1. The molecule has 2 amide bonds. The van der Waals surface area contributed by atoms with Crippen LogP contribution in [0.4, 0.5) is 4.79 Å². The molecule has 1 heterocycles. The largest absolute Gasteiger partial charge is 0.480 e. The zero-order valence-electron chi connectivity index (χ0n) is 9.63. The van der Waals surface area contributed by atoms with Crippen molar-refractivity contribution in [1.29, 1.82) is 0 Å². The van der Waals surface area contributed by atoms with E-state index in [1.807, 2.05) is 0 Å². The number of carboxylic acids is 1. The Morgan fingerprint density at radius 3 is 2.28 bits per heavy atom. The number of carbonyl (C=O) groups excluding carboxylic acids is 1. The van der Waals surface area contributed by atoms with Crippen molar-refractivity contribution >= 4 is 21.8 Å². The van der Waals surface area contributed by atoms with E-state index in [1.165, 1.54) is 0 Å². The smallest absolute Gasteiger partial charge is 0.328 e. The van der Waals surface area contributed by atoms with E-state index in [0.717, 1.165) is 0 Å². The maximum atomic E-state index is 11.4. The van der Waals surface area contributed by atoms with E-state index in [4.69, 9.17) is 10.2 Å². The molecule has 18 heavy (non-hydrogen) atoms. The quantitative estimate of drug-likeness (QED) is 0.485. The second-order valence-electron chi connectivity index (χ2n) is 4.12. The van der Waals surface area contributed by atoms with Gasteiger partial charge in [0.1, 0.15) is 9.84 Å². The fourth-order valence-electron chi connectivity index (χ4n) is 1.61. The molecule has 1 atom stereocenters. The van der Waals surface area contributed by atoms with E-state index in [1.54, 1.807) is 0 Å². The molecule has 0 aliphatic carbocycles. The molecule has 0 aromatic heterocycles. The summed E-state index contributed by atoms with van der Waals surface area (Å²) < 4.78 is 22.3. The third-order valence-electron chi connectivity index (χ3n) is 2.68. The van der Waals surface area contributed by atoms with Gasteiger partial charge in [0.15, 0.2) is 6.04 Å².